The van der Waals surface area contributed by atoms with Crippen molar-refractivity contribution in [1.29, 1.82) is 0 Å². The zero-order valence-corrected chi connectivity index (χ0v) is 16.5. The smallest absolute Gasteiger partial charge is 0.260 e. The van der Waals surface area contributed by atoms with Gasteiger partial charge in [-0.15, -0.1) is 10.2 Å². The highest BCUT2D eigenvalue weighted by Crippen LogP contribution is 2.30. The average molecular weight is 383 g/mol. The van der Waals surface area contributed by atoms with Gasteiger partial charge in [0.05, 0.1) is 0 Å². The van der Waals surface area contributed by atoms with Gasteiger partial charge >= 0.3 is 0 Å². The van der Waals surface area contributed by atoms with E-state index in [4.69, 9.17) is 0 Å². The predicted molar refractivity (Wildman–Crippen MR) is 108 cm³/mol. The summed E-state index contributed by atoms with van der Waals surface area (Å²) in [4.78, 5) is 14.8. The van der Waals surface area contributed by atoms with E-state index < -0.39 is 0 Å². The first-order chi connectivity index (χ1) is 13.0. The minimum absolute atomic E-state index is 0.0859. The summed E-state index contributed by atoms with van der Waals surface area (Å²) in [7, 11) is 0. The van der Waals surface area contributed by atoms with E-state index >= 15 is 0 Å². The molecule has 0 radical (unpaired) electrons. The number of hydrogen-bond acceptors (Lipinski definition) is 4. The van der Waals surface area contributed by atoms with Crippen molar-refractivity contribution in [2.75, 3.05) is 11.4 Å². The van der Waals surface area contributed by atoms with Crippen molar-refractivity contribution in [3.63, 3.8) is 0 Å². The van der Waals surface area contributed by atoms with Crippen LogP contribution in [0.1, 0.15) is 41.3 Å². The van der Waals surface area contributed by atoms with Crippen LogP contribution in [-0.2, 0) is 0 Å². The van der Waals surface area contributed by atoms with Crippen molar-refractivity contribution >= 4 is 22.4 Å². The molecule has 0 aliphatic carbocycles. The Kier molecular flexibility index (Phi) is 5.96. The summed E-state index contributed by atoms with van der Waals surface area (Å²) in [5.41, 5.74) is 3.40. The number of aromatic nitrogens is 2. The van der Waals surface area contributed by atoms with Crippen molar-refractivity contribution in [3.05, 3.63) is 65.0 Å². The lowest BCUT2D eigenvalue weighted by Gasteiger charge is -2.19. The predicted octanol–water partition coefficient (Wildman–Crippen LogP) is 5.41. The summed E-state index contributed by atoms with van der Waals surface area (Å²) in [6.07, 6.45) is 1.83. The molecule has 1 amide bonds. The van der Waals surface area contributed by atoms with E-state index in [1.54, 1.807) is 17.0 Å². The first-order valence-electron chi connectivity index (χ1n) is 8.97. The van der Waals surface area contributed by atoms with E-state index in [0.29, 0.717) is 27.8 Å². The molecule has 6 heteroatoms. The van der Waals surface area contributed by atoms with Crippen LogP contribution < -0.4 is 4.90 Å². The van der Waals surface area contributed by atoms with E-state index in [1.165, 1.54) is 23.5 Å². The van der Waals surface area contributed by atoms with Gasteiger partial charge in [0.2, 0.25) is 5.13 Å². The van der Waals surface area contributed by atoms with Crippen LogP contribution in [-0.4, -0.2) is 22.6 Å². The molecular formula is C21H22FN3OS. The maximum absolute atomic E-state index is 13.5. The monoisotopic (exact) mass is 383 g/mol. The number of hydrogen-bond donors (Lipinski definition) is 0. The Labute approximate surface area is 162 Å². The molecule has 140 valence electrons. The number of rotatable bonds is 6. The lowest BCUT2D eigenvalue weighted by Crippen LogP contribution is -2.32. The van der Waals surface area contributed by atoms with Crippen molar-refractivity contribution in [2.24, 2.45) is 0 Å². The van der Waals surface area contributed by atoms with Gasteiger partial charge in [0.15, 0.2) is 0 Å². The highest BCUT2D eigenvalue weighted by atomic mass is 32.1. The number of benzene rings is 2. The third-order valence-corrected chi connectivity index (χ3v) is 5.16. The Bertz CT molecular complexity index is 934. The van der Waals surface area contributed by atoms with E-state index in [-0.39, 0.29) is 11.7 Å². The molecule has 0 aliphatic heterocycles. The van der Waals surface area contributed by atoms with Gasteiger partial charge in [-0.1, -0.05) is 54.0 Å². The molecule has 0 saturated heterocycles. The zero-order valence-electron chi connectivity index (χ0n) is 15.7. The topological polar surface area (TPSA) is 46.1 Å². The molecule has 4 nitrogen and oxygen atoms in total. The summed E-state index contributed by atoms with van der Waals surface area (Å²) in [6, 6.07) is 12.1. The largest absolute Gasteiger partial charge is 0.283 e. The fourth-order valence-corrected chi connectivity index (χ4v) is 3.78. The van der Waals surface area contributed by atoms with Gasteiger partial charge < -0.3 is 0 Å². The van der Waals surface area contributed by atoms with Crippen molar-refractivity contribution < 1.29 is 9.18 Å². The molecule has 0 N–H and O–H groups in total. The summed E-state index contributed by atoms with van der Waals surface area (Å²) in [5, 5.41) is 9.52. The minimum atomic E-state index is -0.321. The highest BCUT2D eigenvalue weighted by molar-refractivity contribution is 7.18. The van der Waals surface area contributed by atoms with Crippen LogP contribution in [0, 0.1) is 19.7 Å². The van der Waals surface area contributed by atoms with Gasteiger partial charge in [0.1, 0.15) is 10.8 Å². The fraction of sp³-hybridized carbons (Fsp3) is 0.286. The van der Waals surface area contributed by atoms with Crippen LogP contribution in [0.5, 0.6) is 0 Å². The Morgan fingerprint density at radius 2 is 1.85 bits per heavy atom. The van der Waals surface area contributed by atoms with Crippen LogP contribution >= 0.6 is 11.3 Å². The van der Waals surface area contributed by atoms with Crippen molar-refractivity contribution in [1.82, 2.24) is 10.2 Å². The number of carbonyl (C=O) groups excluding carboxylic acids is 1. The Morgan fingerprint density at radius 1 is 1.11 bits per heavy atom. The molecule has 0 unspecified atom stereocenters. The van der Waals surface area contributed by atoms with Crippen molar-refractivity contribution in [2.45, 2.75) is 33.6 Å². The van der Waals surface area contributed by atoms with Crippen LogP contribution in [0.2, 0.25) is 0 Å². The molecule has 0 atom stereocenters. The molecule has 0 spiro atoms. The second-order valence-corrected chi connectivity index (χ2v) is 7.54. The summed E-state index contributed by atoms with van der Waals surface area (Å²) >= 11 is 1.30. The van der Waals surface area contributed by atoms with E-state index in [2.05, 4.69) is 17.1 Å². The third kappa shape index (κ3) is 4.57. The number of nitrogens with zero attached hydrogens (tertiary/aromatic N) is 3. The van der Waals surface area contributed by atoms with Crippen LogP contribution in [0.4, 0.5) is 9.52 Å². The van der Waals surface area contributed by atoms with Gasteiger partial charge in [-0.3, -0.25) is 9.69 Å². The molecule has 0 saturated carbocycles. The number of anilines is 1. The lowest BCUT2D eigenvalue weighted by atomic mass is 10.1. The second kappa shape index (κ2) is 8.39. The second-order valence-electron chi connectivity index (χ2n) is 6.59. The van der Waals surface area contributed by atoms with E-state index in [9.17, 15) is 9.18 Å². The maximum Gasteiger partial charge on any atom is 0.260 e. The molecule has 0 bridgehead atoms. The maximum atomic E-state index is 13.5. The quantitative estimate of drug-likeness (QED) is 0.572. The van der Waals surface area contributed by atoms with Gasteiger partial charge in [0, 0.05) is 17.7 Å². The SMILES string of the molecule is CCCCN(C(=O)c1cc(C)cc(C)c1)c1nnc(-c2cccc(F)c2)s1. The van der Waals surface area contributed by atoms with Crippen molar-refractivity contribution in [3.8, 4) is 10.6 Å². The van der Waals surface area contributed by atoms with E-state index in [0.717, 1.165) is 24.0 Å². The average Bonchev–Trinajstić information content (AvgIpc) is 3.11. The van der Waals surface area contributed by atoms with Gasteiger partial charge in [-0.25, -0.2) is 4.39 Å². The number of unbranched alkanes of at least 4 members (excludes halogenated alkanes) is 1. The molecule has 27 heavy (non-hydrogen) atoms. The molecule has 0 aliphatic rings. The number of halogens is 1. The van der Waals surface area contributed by atoms with E-state index in [1.807, 2.05) is 32.0 Å². The number of aryl methyl sites for hydroxylation is 2. The molecule has 0 fully saturated rings. The fourth-order valence-electron chi connectivity index (χ4n) is 2.92. The highest BCUT2D eigenvalue weighted by Gasteiger charge is 2.22. The normalized spacial score (nSPS) is 10.8. The molecule has 1 heterocycles. The number of amides is 1. The first kappa shape index (κ1) is 19.2. The van der Waals surface area contributed by atoms with Crippen LogP contribution in [0.15, 0.2) is 42.5 Å². The Hall–Kier alpha value is -2.60. The van der Waals surface area contributed by atoms with Gasteiger partial charge in [-0.2, -0.15) is 0 Å². The summed E-state index contributed by atoms with van der Waals surface area (Å²) in [5.74, 6) is -0.407. The zero-order chi connectivity index (χ0) is 19.4. The molecule has 3 aromatic rings. The van der Waals surface area contributed by atoms with Gasteiger partial charge in [-0.05, 0) is 44.5 Å². The molecule has 1 aromatic heterocycles. The third-order valence-electron chi connectivity index (χ3n) is 4.17. The Balaban J connectivity index is 1.94. The molecule has 3 rings (SSSR count). The first-order valence-corrected chi connectivity index (χ1v) is 9.79. The van der Waals surface area contributed by atoms with Gasteiger partial charge in [0.25, 0.3) is 5.91 Å². The molecular weight excluding hydrogens is 361 g/mol. The summed E-state index contributed by atoms with van der Waals surface area (Å²) in [6.45, 7) is 6.61. The summed E-state index contributed by atoms with van der Waals surface area (Å²) < 4.78 is 13.5. The standard InChI is InChI=1S/C21H22FN3OS/c1-4-5-9-25(20(26)17-11-14(2)10-15(3)12-17)21-24-23-19(27-21)16-7-6-8-18(22)13-16/h6-8,10-13H,4-5,9H2,1-3H3. The number of carbonyl (C=O) groups is 1. The Morgan fingerprint density at radius 3 is 2.52 bits per heavy atom. The minimum Gasteiger partial charge on any atom is -0.283 e. The van der Waals surface area contributed by atoms with Crippen LogP contribution in [0.25, 0.3) is 10.6 Å². The lowest BCUT2D eigenvalue weighted by molar-refractivity contribution is 0.0986. The molecule has 2 aromatic carbocycles. The van der Waals surface area contributed by atoms with Crippen LogP contribution in [0.3, 0.4) is 0 Å².